The molecule has 0 aromatic carbocycles. The fourth-order valence-electron chi connectivity index (χ4n) is 1.13. The van der Waals surface area contributed by atoms with Gasteiger partial charge in [0.1, 0.15) is 6.10 Å². The maximum atomic E-state index is 11.0. The molecule has 0 radical (unpaired) electrons. The Balaban J connectivity index is 2.66. The highest BCUT2D eigenvalue weighted by Crippen LogP contribution is 2.16. The van der Waals surface area contributed by atoms with Gasteiger partial charge in [0.05, 0.1) is 11.8 Å². The summed E-state index contributed by atoms with van der Waals surface area (Å²) in [4.78, 5) is 24.4. The van der Waals surface area contributed by atoms with Crippen LogP contribution in [0.4, 0.5) is 0 Å². The quantitative estimate of drug-likeness (QED) is 0.695. The van der Waals surface area contributed by atoms with E-state index in [1.54, 1.807) is 0 Å². The number of thioether (sulfide) groups is 1. The molecule has 2 atom stereocenters. The van der Waals surface area contributed by atoms with Gasteiger partial charge in [-0.15, -0.1) is 0 Å². The smallest absolute Gasteiger partial charge is 0.185 e. The van der Waals surface area contributed by atoms with Gasteiger partial charge in [0.15, 0.2) is 10.5 Å². The molecule has 0 amide bonds. The highest BCUT2D eigenvalue weighted by Gasteiger charge is 2.19. The van der Waals surface area contributed by atoms with Crippen LogP contribution in [0.15, 0.2) is 23.1 Å². The van der Waals surface area contributed by atoms with Crippen LogP contribution in [0.5, 0.6) is 0 Å². The molecule has 0 fully saturated rings. The van der Waals surface area contributed by atoms with Crippen molar-refractivity contribution in [2.24, 2.45) is 0 Å². The standard InChI is InChI=1S/C10H13NO4S/c1-6(12)16-5-9(14)10(15)8-4-7(13)2-3-11-8/h2-4,9-10,14-15H,5H2,1H3,(H,11,13). The number of H-pyrrole nitrogens is 1. The lowest BCUT2D eigenvalue weighted by atomic mass is 10.1. The first-order valence-electron chi connectivity index (χ1n) is 4.69. The van der Waals surface area contributed by atoms with Gasteiger partial charge in [-0.25, -0.2) is 0 Å². The Morgan fingerprint density at radius 1 is 1.56 bits per heavy atom. The Morgan fingerprint density at radius 3 is 2.81 bits per heavy atom. The van der Waals surface area contributed by atoms with E-state index in [9.17, 15) is 19.8 Å². The molecule has 2 unspecified atom stereocenters. The number of aromatic nitrogens is 1. The second kappa shape index (κ2) is 5.83. The Morgan fingerprint density at radius 2 is 2.25 bits per heavy atom. The molecule has 88 valence electrons. The summed E-state index contributed by atoms with van der Waals surface area (Å²) in [6, 6.07) is 2.53. The summed E-state index contributed by atoms with van der Waals surface area (Å²) in [5.41, 5.74) is -0.0108. The predicted octanol–water partition coefficient (Wildman–Crippen LogP) is 0.0489. The Bertz CT molecular complexity index is 417. The van der Waals surface area contributed by atoms with Crippen LogP contribution in [0.2, 0.25) is 0 Å². The van der Waals surface area contributed by atoms with Gasteiger partial charge in [-0.3, -0.25) is 9.59 Å². The molecule has 6 heteroatoms. The van der Waals surface area contributed by atoms with Gasteiger partial charge < -0.3 is 15.2 Å². The molecule has 1 heterocycles. The van der Waals surface area contributed by atoms with Crippen molar-refractivity contribution in [1.29, 1.82) is 0 Å². The normalized spacial score (nSPS) is 14.4. The summed E-state index contributed by atoms with van der Waals surface area (Å²) < 4.78 is 0. The average molecular weight is 243 g/mol. The Hall–Kier alpha value is -1.11. The van der Waals surface area contributed by atoms with E-state index in [2.05, 4.69) is 4.98 Å². The van der Waals surface area contributed by atoms with Gasteiger partial charge >= 0.3 is 0 Å². The van der Waals surface area contributed by atoms with E-state index >= 15 is 0 Å². The number of aromatic amines is 1. The van der Waals surface area contributed by atoms with Crippen molar-refractivity contribution < 1.29 is 15.0 Å². The van der Waals surface area contributed by atoms with E-state index in [0.717, 1.165) is 11.8 Å². The van der Waals surface area contributed by atoms with Crippen molar-refractivity contribution in [3.8, 4) is 0 Å². The summed E-state index contributed by atoms with van der Waals surface area (Å²) >= 11 is 0.926. The van der Waals surface area contributed by atoms with E-state index in [1.807, 2.05) is 0 Å². The van der Waals surface area contributed by atoms with Crippen LogP contribution in [0.1, 0.15) is 18.7 Å². The third-order valence-electron chi connectivity index (χ3n) is 1.94. The second-order valence-electron chi connectivity index (χ2n) is 3.29. The fourth-order valence-corrected chi connectivity index (χ4v) is 1.72. The average Bonchev–Trinajstić information content (AvgIpc) is 2.24. The van der Waals surface area contributed by atoms with E-state index < -0.39 is 12.2 Å². The molecular weight excluding hydrogens is 230 g/mol. The maximum Gasteiger partial charge on any atom is 0.185 e. The summed E-state index contributed by atoms with van der Waals surface area (Å²) in [6.45, 7) is 1.38. The number of aliphatic hydroxyl groups excluding tert-OH is 2. The molecule has 0 aliphatic carbocycles. The van der Waals surface area contributed by atoms with Crippen LogP contribution in [0.3, 0.4) is 0 Å². The van der Waals surface area contributed by atoms with Crippen LogP contribution in [-0.2, 0) is 4.79 Å². The summed E-state index contributed by atoms with van der Waals surface area (Å²) in [7, 11) is 0. The minimum Gasteiger partial charge on any atom is -0.389 e. The molecule has 1 rings (SSSR count). The number of nitrogens with one attached hydrogen (secondary N) is 1. The van der Waals surface area contributed by atoms with Gasteiger partial charge in [0.2, 0.25) is 0 Å². The minimum absolute atomic E-state index is 0.0907. The van der Waals surface area contributed by atoms with Crippen LogP contribution in [-0.4, -0.2) is 32.2 Å². The van der Waals surface area contributed by atoms with Gasteiger partial charge in [-0.05, 0) is 0 Å². The van der Waals surface area contributed by atoms with Crippen molar-refractivity contribution in [3.05, 3.63) is 34.2 Å². The third kappa shape index (κ3) is 3.80. The van der Waals surface area contributed by atoms with Crippen LogP contribution in [0.25, 0.3) is 0 Å². The van der Waals surface area contributed by atoms with E-state index in [1.165, 1.54) is 25.3 Å². The van der Waals surface area contributed by atoms with Crippen molar-refractivity contribution in [1.82, 2.24) is 4.98 Å². The minimum atomic E-state index is -1.19. The van der Waals surface area contributed by atoms with Crippen LogP contribution in [0, 0.1) is 0 Å². The summed E-state index contributed by atoms with van der Waals surface area (Å²) in [6.07, 6.45) is -0.890. The van der Waals surface area contributed by atoms with Gasteiger partial charge in [0.25, 0.3) is 0 Å². The molecule has 16 heavy (non-hydrogen) atoms. The highest BCUT2D eigenvalue weighted by atomic mass is 32.2. The first kappa shape index (κ1) is 13.0. The molecule has 0 bridgehead atoms. The van der Waals surface area contributed by atoms with Crippen LogP contribution >= 0.6 is 11.8 Å². The number of hydrogen-bond donors (Lipinski definition) is 3. The van der Waals surface area contributed by atoms with Crippen molar-refractivity contribution in [2.75, 3.05) is 5.75 Å². The van der Waals surface area contributed by atoms with E-state index in [-0.39, 0.29) is 22.0 Å². The largest absolute Gasteiger partial charge is 0.389 e. The zero-order valence-corrected chi connectivity index (χ0v) is 9.53. The predicted molar refractivity (Wildman–Crippen MR) is 61.2 cm³/mol. The monoisotopic (exact) mass is 243 g/mol. The van der Waals surface area contributed by atoms with Gasteiger partial charge in [0, 0.05) is 31.0 Å². The van der Waals surface area contributed by atoms with Crippen molar-refractivity contribution >= 4 is 16.9 Å². The number of pyridine rings is 1. The lowest BCUT2D eigenvalue weighted by Gasteiger charge is -2.16. The Kier molecular flexibility index (Phi) is 4.72. The molecule has 0 aliphatic heterocycles. The van der Waals surface area contributed by atoms with Gasteiger partial charge in [-0.1, -0.05) is 11.8 Å². The molecule has 0 spiro atoms. The summed E-state index contributed by atoms with van der Waals surface area (Å²) in [5, 5.41) is 19.1. The van der Waals surface area contributed by atoms with E-state index in [4.69, 9.17) is 0 Å². The van der Waals surface area contributed by atoms with Gasteiger partial charge in [-0.2, -0.15) is 0 Å². The molecular formula is C10H13NO4S. The van der Waals surface area contributed by atoms with Crippen LogP contribution < -0.4 is 5.43 Å². The molecule has 3 N–H and O–H groups in total. The van der Waals surface area contributed by atoms with Crippen molar-refractivity contribution in [3.63, 3.8) is 0 Å². The zero-order chi connectivity index (χ0) is 12.1. The molecule has 1 aromatic heterocycles. The fraction of sp³-hybridized carbons (Fsp3) is 0.400. The second-order valence-corrected chi connectivity index (χ2v) is 4.49. The first-order chi connectivity index (χ1) is 7.50. The molecule has 0 saturated heterocycles. The topological polar surface area (TPSA) is 90.4 Å². The molecule has 0 aliphatic rings. The summed E-state index contributed by atoms with van der Waals surface area (Å²) in [5.74, 6) is 0.0907. The Labute approximate surface area is 96.5 Å². The molecule has 5 nitrogen and oxygen atoms in total. The number of rotatable bonds is 4. The number of aliphatic hydroxyl groups is 2. The van der Waals surface area contributed by atoms with E-state index in [0.29, 0.717) is 0 Å². The maximum absolute atomic E-state index is 11.0. The lowest BCUT2D eigenvalue weighted by molar-refractivity contribution is -0.109. The number of carbonyl (C=O) groups is 1. The number of carbonyl (C=O) groups excluding carboxylic acids is 1. The third-order valence-corrected chi connectivity index (χ3v) is 2.85. The first-order valence-corrected chi connectivity index (χ1v) is 5.67. The number of hydrogen-bond acceptors (Lipinski definition) is 5. The lowest BCUT2D eigenvalue weighted by Crippen LogP contribution is -2.23. The zero-order valence-electron chi connectivity index (χ0n) is 8.71. The molecule has 0 saturated carbocycles. The highest BCUT2D eigenvalue weighted by molar-refractivity contribution is 8.13. The molecule has 1 aromatic rings. The SMILES string of the molecule is CC(=O)SCC(O)C(O)c1cc(=O)cc[nH]1. The van der Waals surface area contributed by atoms with Crippen molar-refractivity contribution in [2.45, 2.75) is 19.1 Å².